The molecule has 0 saturated carbocycles. The lowest BCUT2D eigenvalue weighted by atomic mass is 9.98. The zero-order chi connectivity index (χ0) is 18.5. The van der Waals surface area contributed by atoms with Gasteiger partial charge in [-0.3, -0.25) is 4.79 Å². The van der Waals surface area contributed by atoms with Crippen LogP contribution in [-0.2, 0) is 4.79 Å². The zero-order valence-corrected chi connectivity index (χ0v) is 14.8. The quantitative estimate of drug-likeness (QED) is 0.886. The number of carbonyl (C=O) groups is 2. The van der Waals surface area contributed by atoms with Gasteiger partial charge < -0.3 is 20.7 Å². The molecule has 1 aliphatic heterocycles. The molecular formula is C20H23N3O3. The molecule has 0 spiro atoms. The van der Waals surface area contributed by atoms with Crippen molar-refractivity contribution in [2.75, 3.05) is 25.5 Å². The Morgan fingerprint density at radius 1 is 1.15 bits per heavy atom. The van der Waals surface area contributed by atoms with E-state index in [1.54, 1.807) is 12.0 Å². The molecule has 0 bridgehead atoms. The molecule has 1 heterocycles. The first-order valence-corrected chi connectivity index (χ1v) is 8.67. The van der Waals surface area contributed by atoms with Gasteiger partial charge in [0.1, 0.15) is 5.75 Å². The number of rotatable bonds is 4. The largest absolute Gasteiger partial charge is 0.495 e. The summed E-state index contributed by atoms with van der Waals surface area (Å²) in [6.45, 7) is 0.957. The Hall–Kier alpha value is -3.02. The highest BCUT2D eigenvalue weighted by Crippen LogP contribution is 2.31. The van der Waals surface area contributed by atoms with Gasteiger partial charge in [0.25, 0.3) is 0 Å². The lowest BCUT2D eigenvalue weighted by Crippen LogP contribution is -2.45. The Morgan fingerprint density at radius 3 is 2.62 bits per heavy atom. The van der Waals surface area contributed by atoms with Gasteiger partial charge in [0.2, 0.25) is 5.91 Å². The summed E-state index contributed by atoms with van der Waals surface area (Å²) < 4.78 is 5.38. The number of likely N-dealkylation sites (tertiary alicyclic amines) is 1. The fourth-order valence-electron chi connectivity index (χ4n) is 3.20. The molecule has 3 N–H and O–H groups in total. The lowest BCUT2D eigenvalue weighted by molar-refractivity contribution is -0.123. The van der Waals surface area contributed by atoms with Crippen LogP contribution in [0.4, 0.5) is 10.5 Å². The van der Waals surface area contributed by atoms with Crippen LogP contribution in [0.25, 0.3) is 11.1 Å². The Balaban J connectivity index is 1.79. The summed E-state index contributed by atoms with van der Waals surface area (Å²) in [4.78, 5) is 25.7. The van der Waals surface area contributed by atoms with Crippen molar-refractivity contribution in [1.29, 1.82) is 0 Å². The molecule has 6 nitrogen and oxygen atoms in total. The number of nitrogens with two attached hydrogens (primary N) is 1. The Kier molecular flexibility index (Phi) is 5.41. The third-order valence-electron chi connectivity index (χ3n) is 4.66. The summed E-state index contributed by atoms with van der Waals surface area (Å²) in [7, 11) is 1.57. The van der Waals surface area contributed by atoms with E-state index in [0.29, 0.717) is 24.5 Å². The van der Waals surface area contributed by atoms with Crippen LogP contribution in [0.5, 0.6) is 5.75 Å². The van der Waals surface area contributed by atoms with Gasteiger partial charge in [0, 0.05) is 13.1 Å². The van der Waals surface area contributed by atoms with Crippen LogP contribution in [0.1, 0.15) is 12.8 Å². The summed E-state index contributed by atoms with van der Waals surface area (Å²) in [5, 5.41) is 2.91. The summed E-state index contributed by atoms with van der Waals surface area (Å²) in [5.74, 6) is -0.0558. The number of hydrogen-bond donors (Lipinski definition) is 2. The number of nitrogens with one attached hydrogen (secondary N) is 1. The predicted molar refractivity (Wildman–Crippen MR) is 101 cm³/mol. The van der Waals surface area contributed by atoms with Crippen molar-refractivity contribution in [3.63, 3.8) is 0 Å². The molecule has 0 radical (unpaired) electrons. The average Bonchev–Trinajstić information content (AvgIpc) is 2.68. The van der Waals surface area contributed by atoms with Gasteiger partial charge in [-0.25, -0.2) is 4.79 Å². The highest BCUT2D eigenvalue weighted by Gasteiger charge is 2.27. The van der Waals surface area contributed by atoms with Gasteiger partial charge in [-0.2, -0.15) is 0 Å². The molecule has 6 heteroatoms. The number of piperidine rings is 1. The minimum absolute atomic E-state index is 0.250. The molecular weight excluding hydrogens is 330 g/mol. The zero-order valence-electron chi connectivity index (χ0n) is 14.8. The number of amides is 3. The van der Waals surface area contributed by atoms with E-state index >= 15 is 0 Å². The minimum atomic E-state index is -0.355. The van der Waals surface area contributed by atoms with Crippen LogP contribution < -0.4 is 15.8 Å². The van der Waals surface area contributed by atoms with E-state index in [2.05, 4.69) is 5.32 Å². The Bertz CT molecular complexity index is 792. The molecule has 2 aromatic rings. The number of hydrogen-bond acceptors (Lipinski definition) is 3. The fraction of sp³-hybridized carbons (Fsp3) is 0.300. The lowest BCUT2D eigenvalue weighted by Gasteiger charge is -2.31. The minimum Gasteiger partial charge on any atom is -0.495 e. The number of nitrogens with zero attached hydrogens (tertiary/aromatic N) is 1. The van der Waals surface area contributed by atoms with Crippen LogP contribution in [0, 0.1) is 5.92 Å². The predicted octanol–water partition coefficient (Wildman–Crippen LogP) is 3.09. The average molecular weight is 353 g/mol. The smallest absolute Gasteiger partial charge is 0.321 e. The second-order valence-corrected chi connectivity index (χ2v) is 6.40. The van der Waals surface area contributed by atoms with Gasteiger partial charge in [-0.15, -0.1) is 0 Å². The normalized spacial score (nSPS) is 16.8. The van der Waals surface area contributed by atoms with E-state index in [4.69, 9.17) is 10.5 Å². The number of primary amides is 1. The Morgan fingerprint density at radius 2 is 1.92 bits per heavy atom. The summed E-state index contributed by atoms with van der Waals surface area (Å²) in [5.41, 5.74) is 8.03. The van der Waals surface area contributed by atoms with E-state index in [1.807, 2.05) is 48.5 Å². The van der Waals surface area contributed by atoms with Crippen LogP contribution in [0.2, 0.25) is 0 Å². The molecule has 2 aromatic carbocycles. The van der Waals surface area contributed by atoms with Crippen LogP contribution in [0.15, 0.2) is 48.5 Å². The molecule has 0 aliphatic carbocycles. The second-order valence-electron chi connectivity index (χ2n) is 6.40. The highest BCUT2D eigenvalue weighted by molar-refractivity contribution is 5.92. The summed E-state index contributed by atoms with van der Waals surface area (Å²) in [6.07, 6.45) is 1.49. The van der Waals surface area contributed by atoms with Crippen molar-refractivity contribution in [2.24, 2.45) is 11.7 Å². The first-order chi connectivity index (χ1) is 12.6. The van der Waals surface area contributed by atoms with Crippen molar-refractivity contribution in [2.45, 2.75) is 12.8 Å². The van der Waals surface area contributed by atoms with Crippen LogP contribution >= 0.6 is 0 Å². The molecule has 136 valence electrons. The van der Waals surface area contributed by atoms with Crippen LogP contribution in [0.3, 0.4) is 0 Å². The first-order valence-electron chi connectivity index (χ1n) is 8.67. The molecule has 1 aliphatic rings. The van der Waals surface area contributed by atoms with Gasteiger partial charge in [0.15, 0.2) is 0 Å². The number of benzene rings is 2. The number of anilines is 1. The summed E-state index contributed by atoms with van der Waals surface area (Å²) >= 11 is 0. The molecule has 1 saturated heterocycles. The third-order valence-corrected chi connectivity index (χ3v) is 4.66. The van der Waals surface area contributed by atoms with Crippen molar-refractivity contribution in [3.05, 3.63) is 48.5 Å². The molecule has 3 rings (SSSR count). The maximum atomic E-state index is 12.7. The monoisotopic (exact) mass is 353 g/mol. The molecule has 26 heavy (non-hydrogen) atoms. The molecule has 1 fully saturated rings. The standard InChI is InChI=1S/C20H23N3O3/c1-26-18-10-9-15(14-6-3-2-4-7-14)12-17(18)22-20(25)23-11-5-8-16(13-23)19(21)24/h2-4,6-7,9-10,12,16H,5,8,11,13H2,1H3,(H2,21,24)(H,22,25)/t16-/m1/s1. The van der Waals surface area contributed by atoms with Gasteiger partial charge >= 0.3 is 6.03 Å². The molecule has 1 atom stereocenters. The first kappa shape index (κ1) is 17.8. The topological polar surface area (TPSA) is 84.7 Å². The number of carbonyl (C=O) groups excluding carboxylic acids is 2. The third kappa shape index (κ3) is 3.96. The summed E-state index contributed by atoms with van der Waals surface area (Å²) in [6, 6.07) is 15.3. The van der Waals surface area contributed by atoms with Gasteiger partial charge in [-0.05, 0) is 36.1 Å². The van der Waals surface area contributed by atoms with Crippen molar-refractivity contribution in [1.82, 2.24) is 4.90 Å². The van der Waals surface area contributed by atoms with E-state index < -0.39 is 0 Å². The fourth-order valence-corrected chi connectivity index (χ4v) is 3.20. The van der Waals surface area contributed by atoms with Crippen molar-refractivity contribution >= 4 is 17.6 Å². The number of urea groups is 1. The molecule has 0 unspecified atom stereocenters. The van der Waals surface area contributed by atoms with Crippen molar-refractivity contribution in [3.8, 4) is 16.9 Å². The maximum absolute atomic E-state index is 12.7. The van der Waals surface area contributed by atoms with Gasteiger partial charge in [0.05, 0.1) is 18.7 Å². The van der Waals surface area contributed by atoms with E-state index in [0.717, 1.165) is 24.0 Å². The van der Waals surface area contributed by atoms with Crippen LogP contribution in [-0.4, -0.2) is 37.0 Å². The SMILES string of the molecule is COc1ccc(-c2ccccc2)cc1NC(=O)N1CCC[C@@H](C(N)=O)C1. The number of ether oxygens (including phenoxy) is 1. The number of methoxy groups -OCH3 is 1. The maximum Gasteiger partial charge on any atom is 0.321 e. The Labute approximate surface area is 152 Å². The highest BCUT2D eigenvalue weighted by atomic mass is 16.5. The van der Waals surface area contributed by atoms with E-state index in [9.17, 15) is 9.59 Å². The molecule has 0 aromatic heterocycles. The van der Waals surface area contributed by atoms with Gasteiger partial charge in [-0.1, -0.05) is 36.4 Å². The second kappa shape index (κ2) is 7.91. The van der Waals surface area contributed by atoms with Crippen molar-refractivity contribution < 1.29 is 14.3 Å². The van der Waals surface area contributed by atoms with E-state index in [-0.39, 0.29) is 17.9 Å². The molecule has 3 amide bonds. The van der Waals surface area contributed by atoms with E-state index in [1.165, 1.54) is 0 Å².